The smallest absolute Gasteiger partial charge is 0.348 e. The molecule has 0 N–H and O–H groups in total. The minimum absolute atomic E-state index is 0. The van der Waals surface area contributed by atoms with E-state index in [9.17, 15) is 4.79 Å². The fourth-order valence-electron chi connectivity index (χ4n) is 0.626. The van der Waals surface area contributed by atoms with Crippen molar-refractivity contribution >= 4 is 33.2 Å². The second kappa shape index (κ2) is 5.84. The number of esters is 1. The summed E-state index contributed by atoms with van der Waals surface area (Å²) in [4.78, 5) is 11.7. The standard InChI is InChI=1S/C7H7BrO2S.Zn/c1-2-10-7(9)5-3-4-6(8)11-5;/h3-4H,2H2,1H3;. The zero-order valence-corrected chi connectivity index (χ0v) is 12.0. The van der Waals surface area contributed by atoms with Gasteiger partial charge in [0, 0.05) is 19.5 Å². The molecule has 0 amide bonds. The number of hydrogen-bond acceptors (Lipinski definition) is 3. The fraction of sp³-hybridized carbons (Fsp3) is 0.286. The van der Waals surface area contributed by atoms with Crippen LogP contribution in [0.15, 0.2) is 15.9 Å². The molecule has 0 spiro atoms. The first-order valence-corrected chi connectivity index (χ1v) is 4.77. The Labute approximate surface area is 96.2 Å². The summed E-state index contributed by atoms with van der Waals surface area (Å²) in [6.45, 7) is 2.22. The summed E-state index contributed by atoms with van der Waals surface area (Å²) in [7, 11) is 0. The third kappa shape index (κ3) is 3.34. The number of carbonyl (C=O) groups is 1. The molecule has 0 saturated heterocycles. The van der Waals surface area contributed by atoms with E-state index >= 15 is 0 Å². The van der Waals surface area contributed by atoms with Crippen molar-refractivity contribution in [2.24, 2.45) is 0 Å². The van der Waals surface area contributed by atoms with Gasteiger partial charge in [-0.2, -0.15) is 0 Å². The Balaban J connectivity index is 0.00000121. The molecule has 12 heavy (non-hydrogen) atoms. The van der Waals surface area contributed by atoms with E-state index in [4.69, 9.17) is 4.74 Å². The van der Waals surface area contributed by atoms with Crippen molar-refractivity contribution in [2.45, 2.75) is 6.92 Å². The first kappa shape index (κ1) is 12.3. The molecular weight excluding hydrogens is 293 g/mol. The van der Waals surface area contributed by atoms with Crippen molar-refractivity contribution in [3.05, 3.63) is 20.8 Å². The number of hydrogen-bond donors (Lipinski definition) is 0. The van der Waals surface area contributed by atoms with Crippen LogP contribution in [0.25, 0.3) is 0 Å². The van der Waals surface area contributed by atoms with Crippen LogP contribution in [0.1, 0.15) is 16.6 Å². The molecule has 0 radical (unpaired) electrons. The Morgan fingerprint density at radius 2 is 2.33 bits per heavy atom. The average Bonchev–Trinajstić information content (AvgIpc) is 2.36. The molecule has 0 unspecified atom stereocenters. The molecule has 0 aliphatic rings. The fourth-order valence-corrected chi connectivity index (χ4v) is 1.91. The summed E-state index contributed by atoms with van der Waals surface area (Å²) < 4.78 is 5.74. The Bertz CT molecular complexity index is 262. The van der Waals surface area contributed by atoms with Gasteiger partial charge in [-0.25, -0.2) is 4.79 Å². The third-order valence-electron chi connectivity index (χ3n) is 1.05. The zero-order chi connectivity index (χ0) is 8.27. The van der Waals surface area contributed by atoms with E-state index in [1.807, 2.05) is 6.07 Å². The van der Waals surface area contributed by atoms with Gasteiger partial charge >= 0.3 is 5.97 Å². The maximum absolute atomic E-state index is 11.0. The monoisotopic (exact) mass is 298 g/mol. The third-order valence-corrected chi connectivity index (χ3v) is 2.65. The van der Waals surface area contributed by atoms with Crippen LogP contribution in [0, 0.1) is 0 Å². The molecule has 0 fully saturated rings. The summed E-state index contributed by atoms with van der Waals surface area (Å²) in [5.41, 5.74) is 0. The van der Waals surface area contributed by atoms with E-state index in [0.717, 1.165) is 3.79 Å². The molecule has 62 valence electrons. The summed E-state index contributed by atoms with van der Waals surface area (Å²) in [5, 5.41) is 0. The quantitative estimate of drug-likeness (QED) is 0.620. The Hall–Kier alpha value is 0.273. The van der Waals surface area contributed by atoms with Crippen LogP contribution in [0.5, 0.6) is 0 Å². The molecular formula is C7H7BrO2SZn. The normalized spacial score (nSPS) is 8.83. The largest absolute Gasteiger partial charge is 0.462 e. The van der Waals surface area contributed by atoms with Gasteiger partial charge in [0.05, 0.1) is 10.4 Å². The van der Waals surface area contributed by atoms with E-state index < -0.39 is 0 Å². The van der Waals surface area contributed by atoms with Gasteiger partial charge in [-0.15, -0.1) is 11.3 Å². The van der Waals surface area contributed by atoms with Crippen LogP contribution in [0.3, 0.4) is 0 Å². The van der Waals surface area contributed by atoms with E-state index in [2.05, 4.69) is 15.9 Å². The summed E-state index contributed by atoms with van der Waals surface area (Å²) in [6.07, 6.45) is 0. The second-order valence-corrected chi connectivity index (χ2v) is 4.29. The van der Waals surface area contributed by atoms with Crippen LogP contribution >= 0.6 is 27.3 Å². The Kier molecular flexibility index (Phi) is 5.97. The van der Waals surface area contributed by atoms with E-state index in [1.165, 1.54) is 11.3 Å². The predicted molar refractivity (Wildman–Crippen MR) is 48.0 cm³/mol. The van der Waals surface area contributed by atoms with Crippen molar-refractivity contribution in [1.82, 2.24) is 0 Å². The number of rotatable bonds is 2. The van der Waals surface area contributed by atoms with Crippen LogP contribution < -0.4 is 0 Å². The van der Waals surface area contributed by atoms with Gasteiger partial charge in [0.25, 0.3) is 0 Å². The number of halogens is 1. The van der Waals surface area contributed by atoms with Crippen LogP contribution in [0.2, 0.25) is 0 Å². The number of thiophene rings is 1. The van der Waals surface area contributed by atoms with Crippen molar-refractivity contribution in [3.8, 4) is 0 Å². The first-order valence-electron chi connectivity index (χ1n) is 3.16. The van der Waals surface area contributed by atoms with E-state index in [-0.39, 0.29) is 25.4 Å². The topological polar surface area (TPSA) is 26.3 Å². The second-order valence-electron chi connectivity index (χ2n) is 1.82. The first-order chi connectivity index (χ1) is 5.24. The van der Waals surface area contributed by atoms with Gasteiger partial charge in [0.2, 0.25) is 0 Å². The van der Waals surface area contributed by atoms with Crippen LogP contribution in [-0.4, -0.2) is 12.6 Å². The Morgan fingerprint density at radius 1 is 1.67 bits per heavy atom. The predicted octanol–water partition coefficient (Wildman–Crippen LogP) is 2.68. The van der Waals surface area contributed by atoms with E-state index in [0.29, 0.717) is 11.5 Å². The van der Waals surface area contributed by atoms with Gasteiger partial charge in [0.15, 0.2) is 0 Å². The SMILES string of the molecule is CCOC(=O)c1ccc(Br)s1.[Zn]. The molecule has 1 aromatic rings. The molecule has 0 atom stereocenters. The molecule has 1 aromatic heterocycles. The molecule has 2 nitrogen and oxygen atoms in total. The van der Waals surface area contributed by atoms with Gasteiger partial charge < -0.3 is 4.74 Å². The average molecular weight is 300 g/mol. The molecule has 0 aliphatic carbocycles. The maximum atomic E-state index is 11.0. The van der Waals surface area contributed by atoms with Gasteiger partial charge in [0.1, 0.15) is 4.88 Å². The van der Waals surface area contributed by atoms with Gasteiger partial charge in [-0.3, -0.25) is 0 Å². The number of ether oxygens (including phenoxy) is 1. The van der Waals surface area contributed by atoms with Crippen molar-refractivity contribution in [3.63, 3.8) is 0 Å². The van der Waals surface area contributed by atoms with Crippen molar-refractivity contribution in [2.75, 3.05) is 6.61 Å². The number of carbonyl (C=O) groups excluding carboxylic acids is 1. The Morgan fingerprint density at radius 3 is 2.75 bits per heavy atom. The molecule has 5 heteroatoms. The molecule has 0 saturated carbocycles. The summed E-state index contributed by atoms with van der Waals surface area (Å²) in [5.74, 6) is -0.247. The van der Waals surface area contributed by atoms with Gasteiger partial charge in [-0.05, 0) is 35.0 Å². The summed E-state index contributed by atoms with van der Waals surface area (Å²) in [6, 6.07) is 3.57. The molecule has 0 aromatic carbocycles. The molecule has 1 heterocycles. The van der Waals surface area contributed by atoms with Crippen LogP contribution in [0.4, 0.5) is 0 Å². The van der Waals surface area contributed by atoms with Gasteiger partial charge in [-0.1, -0.05) is 0 Å². The minimum atomic E-state index is -0.247. The molecule has 0 bridgehead atoms. The zero-order valence-electron chi connectivity index (χ0n) is 6.67. The maximum Gasteiger partial charge on any atom is 0.348 e. The van der Waals surface area contributed by atoms with Crippen LogP contribution in [-0.2, 0) is 24.2 Å². The van der Waals surface area contributed by atoms with Crippen molar-refractivity contribution in [1.29, 1.82) is 0 Å². The molecule has 1 rings (SSSR count). The van der Waals surface area contributed by atoms with E-state index in [1.54, 1.807) is 13.0 Å². The summed E-state index contributed by atoms with van der Waals surface area (Å²) >= 11 is 4.64. The molecule has 0 aliphatic heterocycles. The van der Waals surface area contributed by atoms with Crippen molar-refractivity contribution < 1.29 is 29.0 Å². The minimum Gasteiger partial charge on any atom is -0.462 e.